The van der Waals surface area contributed by atoms with Crippen LogP contribution < -0.4 is 0 Å². The van der Waals surface area contributed by atoms with Gasteiger partial charge in [-0.05, 0) is 40.8 Å². The molecule has 0 aliphatic carbocycles. The monoisotopic (exact) mass is 210 g/mol. The Hall–Kier alpha value is -2.43. The summed E-state index contributed by atoms with van der Waals surface area (Å²) in [7, 11) is 0. The minimum absolute atomic E-state index is 0.651. The van der Waals surface area contributed by atoms with Crippen LogP contribution in [0.15, 0.2) is 42.6 Å². The number of tetrazole rings is 1. The first-order valence-electron chi connectivity index (χ1n) is 4.83. The Balaban J connectivity index is 2.14. The van der Waals surface area contributed by atoms with Crippen LogP contribution in [0.5, 0.6) is 0 Å². The van der Waals surface area contributed by atoms with E-state index in [2.05, 4.69) is 26.7 Å². The van der Waals surface area contributed by atoms with Crippen molar-refractivity contribution in [3.63, 3.8) is 0 Å². The molecule has 3 rings (SSSR count). The lowest BCUT2D eigenvalue weighted by Gasteiger charge is -2.05. The first-order chi connectivity index (χ1) is 7.95. The molecule has 0 bridgehead atoms. The average molecular weight is 210 g/mol. The van der Waals surface area contributed by atoms with Crippen molar-refractivity contribution in [1.82, 2.24) is 25.2 Å². The van der Waals surface area contributed by atoms with E-state index < -0.39 is 0 Å². The van der Waals surface area contributed by atoms with Gasteiger partial charge in [0.05, 0.1) is 5.69 Å². The predicted octanol–water partition coefficient (Wildman–Crippen LogP) is 1.46. The molecule has 0 saturated carbocycles. The number of benzene rings is 1. The average Bonchev–Trinajstić information content (AvgIpc) is 3.01. The van der Waals surface area contributed by atoms with Gasteiger partial charge in [0.15, 0.2) is 5.82 Å². The van der Waals surface area contributed by atoms with E-state index in [1.165, 1.54) is 0 Å². The Kier molecular flexibility index (Phi) is 2.00. The molecule has 3 aromatic rings. The number of aromatic nitrogens is 5. The normalized spacial score (nSPS) is 10.5. The molecule has 1 radical (unpaired) electrons. The summed E-state index contributed by atoms with van der Waals surface area (Å²) in [4.78, 5) is 0. The highest BCUT2D eigenvalue weighted by atomic mass is 15.5. The summed E-state index contributed by atoms with van der Waals surface area (Å²) in [5.74, 6) is 0.651. The maximum atomic E-state index is 3.90. The van der Waals surface area contributed by atoms with Crippen molar-refractivity contribution in [2.45, 2.75) is 0 Å². The zero-order valence-electron chi connectivity index (χ0n) is 8.33. The Labute approximate surface area is 91.7 Å². The van der Waals surface area contributed by atoms with E-state index >= 15 is 0 Å². The van der Waals surface area contributed by atoms with Crippen molar-refractivity contribution in [2.75, 3.05) is 0 Å². The highest BCUT2D eigenvalue weighted by Gasteiger charge is 2.08. The zero-order valence-corrected chi connectivity index (χ0v) is 8.33. The van der Waals surface area contributed by atoms with Crippen molar-refractivity contribution in [1.29, 1.82) is 0 Å². The Morgan fingerprint density at radius 1 is 1.19 bits per heavy atom. The molecule has 0 unspecified atom stereocenters. The van der Waals surface area contributed by atoms with Crippen molar-refractivity contribution in [3.05, 3.63) is 48.7 Å². The van der Waals surface area contributed by atoms with Crippen LogP contribution in [0, 0.1) is 6.07 Å². The van der Waals surface area contributed by atoms with Crippen LogP contribution >= 0.6 is 0 Å². The van der Waals surface area contributed by atoms with Gasteiger partial charge >= 0.3 is 0 Å². The number of hydrogen-bond acceptors (Lipinski definition) is 3. The molecule has 0 aliphatic rings. The molecule has 0 aliphatic heterocycles. The van der Waals surface area contributed by atoms with Gasteiger partial charge < -0.3 is 4.57 Å². The van der Waals surface area contributed by atoms with Gasteiger partial charge in [-0.15, -0.1) is 5.10 Å². The smallest absolute Gasteiger partial charge is 0.196 e. The number of aromatic amines is 1. The second kappa shape index (κ2) is 3.62. The molecule has 16 heavy (non-hydrogen) atoms. The van der Waals surface area contributed by atoms with Gasteiger partial charge in [0.1, 0.15) is 0 Å². The lowest BCUT2D eigenvalue weighted by Crippen LogP contribution is -1.95. The number of rotatable bonds is 2. The topological polar surface area (TPSA) is 59.4 Å². The maximum Gasteiger partial charge on any atom is 0.196 e. The SMILES string of the molecule is [c]1ccc(-n2cccc2-c2nnn[nH]2)cc1. The van der Waals surface area contributed by atoms with E-state index in [9.17, 15) is 0 Å². The van der Waals surface area contributed by atoms with Crippen LogP contribution in [-0.2, 0) is 0 Å². The van der Waals surface area contributed by atoms with Gasteiger partial charge in [-0.2, -0.15) is 0 Å². The zero-order chi connectivity index (χ0) is 10.8. The number of nitrogens with zero attached hydrogens (tertiary/aromatic N) is 4. The van der Waals surface area contributed by atoms with Crippen LogP contribution in [0.1, 0.15) is 0 Å². The number of H-pyrrole nitrogens is 1. The summed E-state index contributed by atoms with van der Waals surface area (Å²) in [5, 5.41) is 13.8. The summed E-state index contributed by atoms with van der Waals surface area (Å²) in [6.07, 6.45) is 1.97. The summed E-state index contributed by atoms with van der Waals surface area (Å²) in [5.41, 5.74) is 1.98. The molecule has 5 heteroatoms. The molecule has 0 fully saturated rings. The van der Waals surface area contributed by atoms with Crippen LogP contribution in [-0.4, -0.2) is 25.2 Å². The molecule has 0 spiro atoms. The Morgan fingerprint density at radius 3 is 2.81 bits per heavy atom. The van der Waals surface area contributed by atoms with Crippen molar-refractivity contribution in [3.8, 4) is 17.2 Å². The van der Waals surface area contributed by atoms with Gasteiger partial charge in [-0.3, -0.25) is 0 Å². The van der Waals surface area contributed by atoms with E-state index in [-0.39, 0.29) is 0 Å². The molecular formula is C11H8N5. The van der Waals surface area contributed by atoms with Gasteiger partial charge in [-0.1, -0.05) is 12.1 Å². The first-order valence-corrected chi connectivity index (χ1v) is 4.83. The van der Waals surface area contributed by atoms with E-state index in [1.807, 2.05) is 47.2 Å². The van der Waals surface area contributed by atoms with E-state index in [4.69, 9.17) is 0 Å². The fraction of sp³-hybridized carbons (Fsp3) is 0. The van der Waals surface area contributed by atoms with Crippen LogP contribution in [0.25, 0.3) is 17.2 Å². The minimum atomic E-state index is 0.651. The molecule has 2 aromatic heterocycles. The van der Waals surface area contributed by atoms with Gasteiger partial charge in [0, 0.05) is 11.9 Å². The molecule has 2 heterocycles. The van der Waals surface area contributed by atoms with Crippen LogP contribution in [0.4, 0.5) is 0 Å². The lowest BCUT2D eigenvalue weighted by molar-refractivity contribution is 0.881. The highest BCUT2D eigenvalue weighted by Crippen LogP contribution is 2.19. The number of nitrogens with one attached hydrogen (secondary N) is 1. The molecular weight excluding hydrogens is 202 g/mol. The van der Waals surface area contributed by atoms with E-state index in [0.717, 1.165) is 11.4 Å². The molecule has 77 valence electrons. The maximum absolute atomic E-state index is 3.90. The van der Waals surface area contributed by atoms with Gasteiger partial charge in [-0.25, -0.2) is 5.10 Å². The standard InChI is InChI=1S/C11H8N5/c1-2-5-9(6-3-1)16-8-4-7-10(16)11-12-14-15-13-11/h2-8H,(H,12,13,14,15). The molecule has 0 amide bonds. The Bertz CT molecular complexity index is 567. The minimum Gasteiger partial charge on any atom is -0.314 e. The quantitative estimate of drug-likeness (QED) is 0.696. The molecule has 5 nitrogen and oxygen atoms in total. The predicted molar refractivity (Wildman–Crippen MR) is 57.8 cm³/mol. The lowest BCUT2D eigenvalue weighted by atomic mass is 10.3. The third kappa shape index (κ3) is 1.38. The van der Waals surface area contributed by atoms with E-state index in [1.54, 1.807) is 0 Å². The highest BCUT2D eigenvalue weighted by molar-refractivity contribution is 5.54. The van der Waals surface area contributed by atoms with Gasteiger partial charge in [0.25, 0.3) is 0 Å². The Morgan fingerprint density at radius 2 is 2.06 bits per heavy atom. The second-order valence-corrected chi connectivity index (χ2v) is 3.27. The van der Waals surface area contributed by atoms with E-state index in [0.29, 0.717) is 5.82 Å². The third-order valence-corrected chi connectivity index (χ3v) is 2.32. The molecule has 0 saturated heterocycles. The third-order valence-electron chi connectivity index (χ3n) is 2.32. The number of hydrogen-bond donors (Lipinski definition) is 1. The fourth-order valence-corrected chi connectivity index (χ4v) is 1.61. The van der Waals surface area contributed by atoms with Crippen LogP contribution in [0.2, 0.25) is 0 Å². The van der Waals surface area contributed by atoms with Crippen molar-refractivity contribution >= 4 is 0 Å². The van der Waals surface area contributed by atoms with Crippen molar-refractivity contribution < 1.29 is 0 Å². The second-order valence-electron chi connectivity index (χ2n) is 3.27. The molecule has 1 N–H and O–H groups in total. The molecule has 0 atom stereocenters. The fourth-order valence-electron chi connectivity index (χ4n) is 1.61. The van der Waals surface area contributed by atoms with Crippen molar-refractivity contribution in [2.24, 2.45) is 0 Å². The summed E-state index contributed by atoms with van der Waals surface area (Å²) in [6.45, 7) is 0. The summed E-state index contributed by atoms with van der Waals surface area (Å²) >= 11 is 0. The van der Waals surface area contributed by atoms with Crippen LogP contribution in [0.3, 0.4) is 0 Å². The molecule has 1 aromatic carbocycles. The summed E-state index contributed by atoms with van der Waals surface area (Å²) < 4.78 is 2.01. The largest absolute Gasteiger partial charge is 0.314 e. The van der Waals surface area contributed by atoms with Gasteiger partial charge in [0.2, 0.25) is 0 Å². The summed E-state index contributed by atoms with van der Waals surface area (Å²) in [6, 6.07) is 14.6. The first kappa shape index (κ1) is 8.84.